The quantitative estimate of drug-likeness (QED) is 0.416. The molecule has 158 valence electrons. The lowest BCUT2D eigenvalue weighted by atomic mass is 10.1. The maximum atomic E-state index is 13.4. The van der Waals surface area contributed by atoms with E-state index in [0.29, 0.717) is 30.2 Å². The molecule has 0 atom stereocenters. The average molecular weight is 435 g/mol. The Labute approximate surface area is 184 Å². The number of rotatable bonds is 8. The summed E-state index contributed by atoms with van der Waals surface area (Å²) in [6.07, 6.45) is 3.10. The molecule has 31 heavy (non-hydrogen) atoms. The maximum Gasteiger partial charge on any atom is 0.254 e. The van der Waals surface area contributed by atoms with Crippen LogP contribution in [0.25, 0.3) is 5.69 Å². The van der Waals surface area contributed by atoms with Crippen LogP contribution >= 0.6 is 11.3 Å². The molecular formula is C23H22N4O3S. The summed E-state index contributed by atoms with van der Waals surface area (Å²) in [7, 11) is 3.21. The molecule has 0 radical (unpaired) electrons. The van der Waals surface area contributed by atoms with E-state index in [-0.39, 0.29) is 5.91 Å². The van der Waals surface area contributed by atoms with Crippen molar-refractivity contribution in [1.29, 1.82) is 0 Å². The van der Waals surface area contributed by atoms with Gasteiger partial charge in [0, 0.05) is 17.0 Å². The van der Waals surface area contributed by atoms with Crippen molar-refractivity contribution >= 4 is 17.2 Å². The van der Waals surface area contributed by atoms with Gasteiger partial charge in [0.25, 0.3) is 5.91 Å². The van der Waals surface area contributed by atoms with Crippen molar-refractivity contribution in [2.24, 2.45) is 0 Å². The summed E-state index contributed by atoms with van der Waals surface area (Å²) < 4.78 is 12.4. The van der Waals surface area contributed by atoms with Crippen molar-refractivity contribution in [3.63, 3.8) is 0 Å². The van der Waals surface area contributed by atoms with E-state index in [1.807, 2.05) is 64.9 Å². The maximum absolute atomic E-state index is 13.4. The molecule has 1 amide bonds. The third kappa shape index (κ3) is 4.75. The lowest BCUT2D eigenvalue weighted by Crippen LogP contribution is -2.29. The molecule has 0 fully saturated rings. The number of carbonyl (C=O) groups excluding carboxylic acids is 1. The first-order valence-corrected chi connectivity index (χ1v) is 10.5. The van der Waals surface area contributed by atoms with E-state index in [0.717, 1.165) is 16.1 Å². The first-order valence-electron chi connectivity index (χ1n) is 9.65. The first kappa shape index (κ1) is 20.6. The molecule has 8 heteroatoms. The Morgan fingerprint density at radius 3 is 2.48 bits per heavy atom. The fraction of sp³-hybridized carbons (Fsp3) is 0.174. The molecule has 2 aromatic carbocycles. The van der Waals surface area contributed by atoms with E-state index in [1.54, 1.807) is 36.6 Å². The number of hydrogen-bond donors (Lipinski definition) is 0. The molecular weight excluding hydrogens is 412 g/mol. The number of hydrogen-bond acceptors (Lipinski definition) is 6. The Bertz CT molecular complexity index is 1130. The van der Waals surface area contributed by atoms with E-state index >= 15 is 0 Å². The summed E-state index contributed by atoms with van der Waals surface area (Å²) in [5.74, 6) is 1.25. The van der Waals surface area contributed by atoms with Crippen LogP contribution in [0.4, 0.5) is 0 Å². The lowest BCUT2D eigenvalue weighted by molar-refractivity contribution is 0.0731. The largest absolute Gasteiger partial charge is 0.493 e. The third-order valence-electron chi connectivity index (χ3n) is 4.83. The summed E-state index contributed by atoms with van der Waals surface area (Å²) in [6.45, 7) is 0.970. The highest BCUT2D eigenvalue weighted by Crippen LogP contribution is 2.28. The Hall–Kier alpha value is -3.65. The highest BCUT2D eigenvalue weighted by Gasteiger charge is 2.18. The standard InChI is InChI=1S/C23H22N4O3S/c1-29-21-10-5-17(12-22(21)30-2)13-26(14-20-4-3-11-31-20)23(28)18-6-8-19(9-7-18)27-16-24-15-25-27/h3-12,15-16H,13-14H2,1-2H3. The van der Waals surface area contributed by atoms with Gasteiger partial charge < -0.3 is 14.4 Å². The predicted octanol–water partition coefficient (Wildman–Crippen LogP) is 4.19. The van der Waals surface area contributed by atoms with Gasteiger partial charge in [-0.25, -0.2) is 9.67 Å². The van der Waals surface area contributed by atoms with E-state index in [2.05, 4.69) is 10.1 Å². The number of methoxy groups -OCH3 is 2. The van der Waals surface area contributed by atoms with Crippen LogP contribution in [0, 0.1) is 0 Å². The number of ether oxygens (including phenoxy) is 2. The molecule has 0 aliphatic rings. The minimum atomic E-state index is -0.0478. The number of benzene rings is 2. The highest BCUT2D eigenvalue weighted by molar-refractivity contribution is 7.09. The number of amides is 1. The van der Waals surface area contributed by atoms with Crippen molar-refractivity contribution in [3.05, 3.63) is 88.6 Å². The second-order valence-corrected chi connectivity index (χ2v) is 7.85. The Kier molecular flexibility index (Phi) is 6.28. The van der Waals surface area contributed by atoms with E-state index in [4.69, 9.17) is 9.47 Å². The van der Waals surface area contributed by atoms with Crippen LogP contribution in [0.5, 0.6) is 11.5 Å². The first-order chi connectivity index (χ1) is 15.2. The van der Waals surface area contributed by atoms with Crippen LogP contribution in [-0.4, -0.2) is 39.8 Å². The van der Waals surface area contributed by atoms with Crippen LogP contribution in [0.3, 0.4) is 0 Å². The zero-order chi connectivity index (χ0) is 21.6. The summed E-state index contributed by atoms with van der Waals surface area (Å²) in [5, 5.41) is 6.14. The van der Waals surface area contributed by atoms with Gasteiger partial charge in [0.1, 0.15) is 12.7 Å². The normalized spacial score (nSPS) is 10.6. The lowest BCUT2D eigenvalue weighted by Gasteiger charge is -2.23. The Morgan fingerprint density at radius 1 is 1.03 bits per heavy atom. The molecule has 4 rings (SSSR count). The van der Waals surface area contributed by atoms with Crippen LogP contribution in [0.1, 0.15) is 20.8 Å². The third-order valence-corrected chi connectivity index (χ3v) is 5.69. The number of nitrogens with zero attached hydrogens (tertiary/aromatic N) is 4. The SMILES string of the molecule is COc1ccc(CN(Cc2cccs2)C(=O)c2ccc(-n3cncn3)cc2)cc1OC. The number of thiophene rings is 1. The van der Waals surface area contributed by atoms with Crippen molar-refractivity contribution in [2.75, 3.05) is 14.2 Å². The zero-order valence-electron chi connectivity index (χ0n) is 17.3. The van der Waals surface area contributed by atoms with Crippen LogP contribution in [-0.2, 0) is 13.1 Å². The molecule has 2 heterocycles. The van der Waals surface area contributed by atoms with Gasteiger partial charge in [-0.2, -0.15) is 5.10 Å². The van der Waals surface area contributed by atoms with Crippen molar-refractivity contribution in [2.45, 2.75) is 13.1 Å². The fourth-order valence-corrected chi connectivity index (χ4v) is 3.99. The minimum absolute atomic E-state index is 0.0478. The summed E-state index contributed by atoms with van der Waals surface area (Å²) in [4.78, 5) is 20.3. The van der Waals surface area contributed by atoms with Gasteiger partial charge >= 0.3 is 0 Å². The number of aromatic nitrogens is 3. The minimum Gasteiger partial charge on any atom is -0.493 e. The van der Waals surface area contributed by atoms with Gasteiger partial charge in [-0.1, -0.05) is 12.1 Å². The molecule has 0 spiro atoms. The topological polar surface area (TPSA) is 69.5 Å². The summed E-state index contributed by atoms with van der Waals surface area (Å²) >= 11 is 1.63. The van der Waals surface area contributed by atoms with Gasteiger partial charge in [-0.15, -0.1) is 11.3 Å². The van der Waals surface area contributed by atoms with Gasteiger partial charge in [-0.05, 0) is 53.4 Å². The van der Waals surface area contributed by atoms with Crippen LogP contribution < -0.4 is 9.47 Å². The highest BCUT2D eigenvalue weighted by atomic mass is 32.1. The van der Waals surface area contributed by atoms with Crippen LogP contribution in [0.2, 0.25) is 0 Å². The average Bonchev–Trinajstić information content (AvgIpc) is 3.53. The Morgan fingerprint density at radius 2 is 1.84 bits per heavy atom. The molecule has 2 aromatic heterocycles. The fourth-order valence-electron chi connectivity index (χ4n) is 3.27. The van der Waals surface area contributed by atoms with Crippen LogP contribution in [0.15, 0.2) is 72.6 Å². The van der Waals surface area contributed by atoms with E-state index < -0.39 is 0 Å². The van der Waals surface area contributed by atoms with Gasteiger partial charge in [-0.3, -0.25) is 4.79 Å². The molecule has 0 aliphatic heterocycles. The van der Waals surface area contributed by atoms with Gasteiger partial charge in [0.15, 0.2) is 11.5 Å². The molecule has 4 aromatic rings. The second kappa shape index (κ2) is 9.44. The summed E-state index contributed by atoms with van der Waals surface area (Å²) in [5.41, 5.74) is 2.42. The molecule has 0 N–H and O–H groups in total. The number of carbonyl (C=O) groups is 1. The Balaban J connectivity index is 1.59. The van der Waals surface area contributed by atoms with Crippen molar-refractivity contribution in [1.82, 2.24) is 19.7 Å². The zero-order valence-corrected chi connectivity index (χ0v) is 18.1. The summed E-state index contributed by atoms with van der Waals surface area (Å²) in [6, 6.07) is 17.1. The van der Waals surface area contributed by atoms with E-state index in [9.17, 15) is 4.79 Å². The molecule has 0 saturated heterocycles. The second-order valence-electron chi connectivity index (χ2n) is 6.82. The van der Waals surface area contributed by atoms with Crippen molar-refractivity contribution < 1.29 is 14.3 Å². The molecule has 0 bridgehead atoms. The van der Waals surface area contributed by atoms with Gasteiger partial charge in [0.2, 0.25) is 0 Å². The van der Waals surface area contributed by atoms with Crippen molar-refractivity contribution in [3.8, 4) is 17.2 Å². The van der Waals surface area contributed by atoms with E-state index in [1.165, 1.54) is 6.33 Å². The van der Waals surface area contributed by atoms with Gasteiger partial charge in [0.05, 0.1) is 26.5 Å². The monoisotopic (exact) mass is 434 g/mol. The molecule has 0 unspecified atom stereocenters. The smallest absolute Gasteiger partial charge is 0.254 e. The molecule has 7 nitrogen and oxygen atoms in total. The molecule has 0 saturated carbocycles. The predicted molar refractivity (Wildman–Crippen MR) is 119 cm³/mol. The molecule has 0 aliphatic carbocycles.